The van der Waals surface area contributed by atoms with Gasteiger partial charge in [-0.25, -0.2) is 19.0 Å². The van der Waals surface area contributed by atoms with E-state index in [4.69, 9.17) is 9.47 Å². The van der Waals surface area contributed by atoms with Gasteiger partial charge in [-0.1, -0.05) is 19.1 Å². The van der Waals surface area contributed by atoms with E-state index in [1.54, 1.807) is 19.3 Å². The summed E-state index contributed by atoms with van der Waals surface area (Å²) in [5.41, 5.74) is 3.75. The van der Waals surface area contributed by atoms with Gasteiger partial charge in [0.2, 0.25) is 0 Å². The van der Waals surface area contributed by atoms with Crippen molar-refractivity contribution < 1.29 is 28.2 Å². The lowest BCUT2D eigenvalue weighted by molar-refractivity contribution is -0.149. The van der Waals surface area contributed by atoms with Crippen LogP contribution in [-0.2, 0) is 33.8 Å². The largest absolute Gasteiger partial charge is 0.464 e. The zero-order valence-corrected chi connectivity index (χ0v) is 27.2. The van der Waals surface area contributed by atoms with Gasteiger partial charge >= 0.3 is 12.1 Å². The summed E-state index contributed by atoms with van der Waals surface area (Å²) in [7, 11) is 0. The number of imidazole rings is 1. The van der Waals surface area contributed by atoms with E-state index in [1.165, 1.54) is 11.0 Å². The van der Waals surface area contributed by atoms with E-state index < -0.39 is 35.4 Å². The van der Waals surface area contributed by atoms with Gasteiger partial charge in [-0.3, -0.25) is 4.79 Å². The predicted molar refractivity (Wildman–Crippen MR) is 171 cm³/mol. The first-order chi connectivity index (χ1) is 21.9. The van der Waals surface area contributed by atoms with Crippen molar-refractivity contribution in [3.8, 4) is 11.1 Å². The lowest BCUT2D eigenvalue weighted by atomic mass is 9.77. The standard InChI is InChI=1S/C35H42FN5O5/c1-6-35(18-37-33(44)46-34(3,4)5)19-40(20-35)24-12-10-22(11-13-24)23-15-25-26(27(36)16-23)17-41(31(25)42)30(32(43)45-7-2)29-28-9-8-14-39(28)21-38-29/h10-13,15-16,21,30H,6-9,14,17-20H2,1-5H3,(H,37,44). The van der Waals surface area contributed by atoms with Crippen molar-refractivity contribution in [2.75, 3.05) is 31.1 Å². The topological polar surface area (TPSA) is 106 Å². The van der Waals surface area contributed by atoms with Crippen LogP contribution in [0.15, 0.2) is 42.7 Å². The maximum Gasteiger partial charge on any atom is 0.407 e. The Hall–Kier alpha value is -4.41. The SMILES string of the molecule is CCOC(=O)C(c1ncn2c1CCC2)N1Cc2c(F)cc(-c3ccc(N4CC(CC)(CNC(=O)OC(C)(C)C)C4)cc3)cc2C1=O. The number of aromatic nitrogens is 2. The number of nitrogens with one attached hydrogen (secondary N) is 1. The molecule has 11 heteroatoms. The highest BCUT2D eigenvalue weighted by atomic mass is 19.1. The fraction of sp³-hybridized carbons (Fsp3) is 0.486. The molecule has 2 amide bonds. The second-order valence-corrected chi connectivity index (χ2v) is 13.6. The fourth-order valence-corrected chi connectivity index (χ4v) is 6.75. The van der Waals surface area contributed by atoms with Crippen LogP contribution in [0.2, 0.25) is 0 Å². The number of nitrogens with zero attached hydrogens (tertiary/aromatic N) is 4. The minimum atomic E-state index is -1.04. The predicted octanol–water partition coefficient (Wildman–Crippen LogP) is 5.64. The van der Waals surface area contributed by atoms with E-state index in [2.05, 4.69) is 22.1 Å². The Balaban J connectivity index is 1.17. The minimum Gasteiger partial charge on any atom is -0.464 e. The van der Waals surface area contributed by atoms with Crippen molar-refractivity contribution in [1.82, 2.24) is 19.8 Å². The van der Waals surface area contributed by atoms with Crippen LogP contribution in [-0.4, -0.2) is 64.3 Å². The average molecular weight is 632 g/mol. The summed E-state index contributed by atoms with van der Waals surface area (Å²) >= 11 is 0. The van der Waals surface area contributed by atoms with Crippen molar-refractivity contribution in [3.63, 3.8) is 0 Å². The molecule has 46 heavy (non-hydrogen) atoms. The third kappa shape index (κ3) is 5.94. The van der Waals surface area contributed by atoms with E-state index >= 15 is 4.39 Å². The molecule has 3 aliphatic rings. The molecule has 0 bridgehead atoms. The number of esters is 1. The number of ether oxygens (including phenoxy) is 2. The van der Waals surface area contributed by atoms with Crippen molar-refractivity contribution >= 4 is 23.7 Å². The summed E-state index contributed by atoms with van der Waals surface area (Å²) in [4.78, 5) is 47.3. The molecule has 6 rings (SSSR count). The van der Waals surface area contributed by atoms with Crippen LogP contribution in [0.1, 0.15) is 80.8 Å². The lowest BCUT2D eigenvalue weighted by Gasteiger charge is -2.51. The number of aryl methyl sites for hydroxylation is 1. The minimum absolute atomic E-state index is 0.0358. The van der Waals surface area contributed by atoms with E-state index in [9.17, 15) is 14.4 Å². The van der Waals surface area contributed by atoms with Crippen molar-refractivity contribution in [1.29, 1.82) is 0 Å². The van der Waals surface area contributed by atoms with E-state index in [0.29, 0.717) is 17.8 Å². The molecular weight excluding hydrogens is 589 g/mol. The zero-order chi connectivity index (χ0) is 32.8. The first-order valence-corrected chi connectivity index (χ1v) is 16.1. The summed E-state index contributed by atoms with van der Waals surface area (Å²) in [6.07, 6.45) is 3.90. The normalized spacial score (nSPS) is 17.3. The van der Waals surface area contributed by atoms with E-state index in [1.807, 2.05) is 49.6 Å². The number of halogens is 1. The molecule has 2 aromatic carbocycles. The second kappa shape index (κ2) is 12.1. The quantitative estimate of drug-likeness (QED) is 0.305. The number of hydrogen-bond acceptors (Lipinski definition) is 7. The molecule has 0 radical (unpaired) electrons. The monoisotopic (exact) mass is 631 g/mol. The van der Waals surface area contributed by atoms with Crippen molar-refractivity contribution in [2.24, 2.45) is 5.41 Å². The van der Waals surface area contributed by atoms with Gasteiger partial charge in [-0.05, 0) is 82.3 Å². The molecule has 10 nitrogen and oxygen atoms in total. The highest BCUT2D eigenvalue weighted by Crippen LogP contribution is 2.40. The molecule has 3 aliphatic heterocycles. The molecule has 1 aromatic heterocycles. The van der Waals surface area contributed by atoms with Crippen molar-refractivity contribution in [2.45, 2.75) is 78.6 Å². The molecular formula is C35H42FN5O5. The van der Waals surface area contributed by atoms with Gasteiger partial charge in [0.05, 0.1) is 25.2 Å². The number of carbonyl (C=O) groups excluding carboxylic acids is 3. The number of carbonyl (C=O) groups is 3. The number of hydrogen-bond donors (Lipinski definition) is 1. The second-order valence-electron chi connectivity index (χ2n) is 13.6. The third-order valence-electron chi connectivity index (χ3n) is 9.26. The van der Waals surface area contributed by atoms with Gasteiger partial charge < -0.3 is 29.2 Å². The first-order valence-electron chi connectivity index (χ1n) is 16.1. The molecule has 0 spiro atoms. The maximum absolute atomic E-state index is 15.6. The lowest BCUT2D eigenvalue weighted by Crippen LogP contribution is -2.61. The van der Waals surface area contributed by atoms with Gasteiger partial charge in [0, 0.05) is 54.1 Å². The van der Waals surface area contributed by atoms with Crippen LogP contribution in [0.4, 0.5) is 14.9 Å². The van der Waals surface area contributed by atoms with Crippen LogP contribution >= 0.6 is 0 Å². The number of benzene rings is 2. The molecule has 244 valence electrons. The third-order valence-corrected chi connectivity index (χ3v) is 9.26. The maximum atomic E-state index is 15.6. The van der Waals surface area contributed by atoms with Gasteiger partial charge in [0.1, 0.15) is 11.4 Å². The Kier molecular flexibility index (Phi) is 8.29. The Labute approximate surface area is 268 Å². The highest BCUT2D eigenvalue weighted by Gasteiger charge is 2.43. The number of alkyl carbamates (subject to hydrolysis) is 1. The number of rotatable bonds is 9. The highest BCUT2D eigenvalue weighted by molar-refractivity contribution is 6.02. The molecule has 1 fully saturated rings. The van der Waals surface area contributed by atoms with Crippen molar-refractivity contribution in [3.05, 3.63) is 71.1 Å². The molecule has 4 heterocycles. The summed E-state index contributed by atoms with van der Waals surface area (Å²) in [5.74, 6) is -1.47. The Morgan fingerprint density at radius 3 is 2.52 bits per heavy atom. The van der Waals surface area contributed by atoms with Crippen LogP contribution in [0, 0.1) is 11.2 Å². The number of anilines is 1. The molecule has 3 aromatic rings. The first kappa shape index (κ1) is 31.6. The van der Waals surface area contributed by atoms with Crippen LogP contribution in [0.5, 0.6) is 0 Å². The molecule has 1 N–H and O–H groups in total. The Bertz CT molecular complexity index is 1650. The van der Waals surface area contributed by atoms with E-state index in [0.717, 1.165) is 55.8 Å². The van der Waals surface area contributed by atoms with Crippen LogP contribution in [0.25, 0.3) is 11.1 Å². The molecule has 1 saturated heterocycles. The van der Waals surface area contributed by atoms with Gasteiger partial charge in [-0.2, -0.15) is 0 Å². The number of fused-ring (bicyclic) bond motifs is 2. The average Bonchev–Trinajstić information content (AvgIpc) is 3.69. The van der Waals surface area contributed by atoms with Crippen LogP contribution < -0.4 is 10.2 Å². The zero-order valence-electron chi connectivity index (χ0n) is 27.2. The summed E-state index contributed by atoms with van der Waals surface area (Å²) in [6.45, 7) is 12.4. The van der Waals surface area contributed by atoms with E-state index in [-0.39, 0.29) is 29.7 Å². The molecule has 1 atom stereocenters. The smallest absolute Gasteiger partial charge is 0.407 e. The van der Waals surface area contributed by atoms with Gasteiger partial charge in [0.15, 0.2) is 6.04 Å². The summed E-state index contributed by atoms with van der Waals surface area (Å²) in [6, 6.07) is 9.96. The Morgan fingerprint density at radius 2 is 1.85 bits per heavy atom. The fourth-order valence-electron chi connectivity index (χ4n) is 6.75. The van der Waals surface area contributed by atoms with Crippen LogP contribution in [0.3, 0.4) is 0 Å². The Morgan fingerprint density at radius 1 is 1.11 bits per heavy atom. The molecule has 0 saturated carbocycles. The molecule has 0 aliphatic carbocycles. The molecule has 1 unspecified atom stereocenters. The van der Waals surface area contributed by atoms with Gasteiger partial charge in [0.25, 0.3) is 5.91 Å². The van der Waals surface area contributed by atoms with Gasteiger partial charge in [-0.15, -0.1) is 0 Å². The number of amides is 2. The summed E-state index contributed by atoms with van der Waals surface area (Å²) < 4.78 is 28.4. The summed E-state index contributed by atoms with van der Waals surface area (Å²) in [5, 5.41) is 2.92.